The number of nitrogens with zero attached hydrogens (tertiary/aromatic N) is 2. The van der Waals surface area contributed by atoms with Crippen molar-refractivity contribution in [3.8, 4) is 5.69 Å². The molecule has 0 fully saturated rings. The zero-order chi connectivity index (χ0) is 19.1. The SMILES string of the molecule is COCCNCCNC(=O)Cc1c(C)nn(-c2ccc(Cl)cc2Cl)c1C. The van der Waals surface area contributed by atoms with Crippen LogP contribution in [0.2, 0.25) is 10.0 Å². The summed E-state index contributed by atoms with van der Waals surface area (Å²) in [6, 6.07) is 5.26. The van der Waals surface area contributed by atoms with Gasteiger partial charge >= 0.3 is 0 Å². The predicted octanol–water partition coefficient (Wildman–Crippen LogP) is 2.69. The molecule has 0 saturated heterocycles. The van der Waals surface area contributed by atoms with E-state index in [1.54, 1.807) is 23.9 Å². The maximum absolute atomic E-state index is 12.2. The van der Waals surface area contributed by atoms with Crippen molar-refractivity contribution in [1.29, 1.82) is 0 Å². The van der Waals surface area contributed by atoms with E-state index < -0.39 is 0 Å². The van der Waals surface area contributed by atoms with Crippen LogP contribution in [-0.4, -0.2) is 49.0 Å². The van der Waals surface area contributed by atoms with E-state index in [4.69, 9.17) is 27.9 Å². The first-order valence-electron chi connectivity index (χ1n) is 8.41. The highest BCUT2D eigenvalue weighted by molar-refractivity contribution is 6.35. The van der Waals surface area contributed by atoms with Crippen molar-refractivity contribution < 1.29 is 9.53 Å². The molecule has 0 aliphatic carbocycles. The molecular formula is C18H24Cl2N4O2. The molecule has 0 bridgehead atoms. The molecule has 2 rings (SSSR count). The molecule has 26 heavy (non-hydrogen) atoms. The van der Waals surface area contributed by atoms with Gasteiger partial charge in [0.05, 0.1) is 29.4 Å². The average Bonchev–Trinajstić information content (AvgIpc) is 2.86. The van der Waals surface area contributed by atoms with Crippen LogP contribution in [0.1, 0.15) is 17.0 Å². The first-order valence-corrected chi connectivity index (χ1v) is 9.16. The minimum atomic E-state index is -0.0357. The van der Waals surface area contributed by atoms with Crippen LogP contribution in [0.25, 0.3) is 5.69 Å². The quantitative estimate of drug-likeness (QED) is 0.637. The smallest absolute Gasteiger partial charge is 0.224 e. The number of hydrogen-bond donors (Lipinski definition) is 2. The molecule has 2 aromatic rings. The van der Waals surface area contributed by atoms with Gasteiger partial charge in [0.1, 0.15) is 0 Å². The van der Waals surface area contributed by atoms with E-state index in [-0.39, 0.29) is 12.3 Å². The molecule has 0 aliphatic heterocycles. The van der Waals surface area contributed by atoms with Crippen molar-refractivity contribution >= 4 is 29.1 Å². The number of hydrogen-bond acceptors (Lipinski definition) is 4. The predicted molar refractivity (Wildman–Crippen MR) is 105 cm³/mol. The van der Waals surface area contributed by atoms with Gasteiger partial charge in [-0.1, -0.05) is 23.2 Å². The second-order valence-electron chi connectivity index (χ2n) is 5.93. The van der Waals surface area contributed by atoms with Crippen molar-refractivity contribution in [3.05, 3.63) is 45.2 Å². The topological polar surface area (TPSA) is 68.2 Å². The summed E-state index contributed by atoms with van der Waals surface area (Å²) < 4.78 is 6.71. The van der Waals surface area contributed by atoms with E-state index in [2.05, 4.69) is 15.7 Å². The lowest BCUT2D eigenvalue weighted by Crippen LogP contribution is -2.34. The highest BCUT2D eigenvalue weighted by Crippen LogP contribution is 2.27. The van der Waals surface area contributed by atoms with Gasteiger partial charge in [0.2, 0.25) is 5.91 Å². The normalized spacial score (nSPS) is 11.0. The van der Waals surface area contributed by atoms with E-state index in [0.717, 1.165) is 29.2 Å². The summed E-state index contributed by atoms with van der Waals surface area (Å²) in [6.45, 7) is 6.50. The number of carbonyl (C=O) groups is 1. The highest BCUT2D eigenvalue weighted by atomic mass is 35.5. The Hall–Kier alpha value is -1.60. The molecule has 1 heterocycles. The Bertz CT molecular complexity index is 762. The first-order chi connectivity index (χ1) is 12.4. The Morgan fingerprint density at radius 2 is 2.00 bits per heavy atom. The van der Waals surface area contributed by atoms with Gasteiger partial charge in [-0.25, -0.2) is 4.68 Å². The van der Waals surface area contributed by atoms with Crippen molar-refractivity contribution in [1.82, 2.24) is 20.4 Å². The largest absolute Gasteiger partial charge is 0.383 e. The first kappa shape index (κ1) is 20.7. The lowest BCUT2D eigenvalue weighted by Gasteiger charge is -2.09. The van der Waals surface area contributed by atoms with Crippen LogP contribution in [0.4, 0.5) is 0 Å². The standard InChI is InChI=1S/C18H24Cl2N4O2/c1-12-15(11-18(25)22-7-6-21-8-9-26-3)13(2)24(23-12)17-5-4-14(19)10-16(17)20/h4-5,10,21H,6-9,11H2,1-3H3,(H,22,25). The van der Waals surface area contributed by atoms with E-state index in [1.165, 1.54) is 0 Å². The van der Waals surface area contributed by atoms with Crippen LogP contribution in [0.5, 0.6) is 0 Å². The average molecular weight is 399 g/mol. The fraction of sp³-hybridized carbons (Fsp3) is 0.444. The van der Waals surface area contributed by atoms with Crippen LogP contribution in [0, 0.1) is 13.8 Å². The van der Waals surface area contributed by atoms with Gasteiger partial charge in [0.25, 0.3) is 0 Å². The molecule has 1 amide bonds. The van der Waals surface area contributed by atoms with Gasteiger partial charge in [-0.3, -0.25) is 4.79 Å². The van der Waals surface area contributed by atoms with E-state index >= 15 is 0 Å². The van der Waals surface area contributed by atoms with E-state index in [1.807, 2.05) is 19.9 Å². The van der Waals surface area contributed by atoms with Crippen LogP contribution < -0.4 is 10.6 Å². The Morgan fingerprint density at radius 3 is 2.69 bits per heavy atom. The van der Waals surface area contributed by atoms with Crippen molar-refractivity contribution in [2.24, 2.45) is 0 Å². The number of rotatable bonds is 9. The second-order valence-corrected chi connectivity index (χ2v) is 6.77. The molecule has 0 spiro atoms. The van der Waals surface area contributed by atoms with Crippen molar-refractivity contribution in [2.75, 3.05) is 33.4 Å². The lowest BCUT2D eigenvalue weighted by molar-refractivity contribution is -0.120. The zero-order valence-electron chi connectivity index (χ0n) is 15.2. The summed E-state index contributed by atoms with van der Waals surface area (Å²) in [5.74, 6) is -0.0357. The van der Waals surface area contributed by atoms with E-state index in [9.17, 15) is 4.79 Å². The molecule has 8 heteroatoms. The number of benzene rings is 1. The summed E-state index contributed by atoms with van der Waals surface area (Å²) in [7, 11) is 1.66. The third kappa shape index (κ3) is 5.45. The number of ether oxygens (including phenoxy) is 1. The van der Waals surface area contributed by atoms with Gasteiger partial charge in [0, 0.05) is 43.0 Å². The number of nitrogens with one attached hydrogen (secondary N) is 2. The number of carbonyl (C=O) groups excluding carboxylic acids is 1. The molecule has 0 unspecified atom stereocenters. The third-order valence-corrected chi connectivity index (χ3v) is 4.56. The fourth-order valence-electron chi connectivity index (χ4n) is 2.63. The summed E-state index contributed by atoms with van der Waals surface area (Å²) in [5, 5.41) is 11.7. The molecule has 0 atom stereocenters. The number of methoxy groups -OCH3 is 1. The second kappa shape index (κ2) is 9.92. The lowest BCUT2D eigenvalue weighted by atomic mass is 10.1. The summed E-state index contributed by atoms with van der Waals surface area (Å²) >= 11 is 12.2. The Balaban J connectivity index is 2.00. The maximum Gasteiger partial charge on any atom is 0.224 e. The number of amides is 1. The number of aromatic nitrogens is 2. The van der Waals surface area contributed by atoms with Crippen LogP contribution in [0.3, 0.4) is 0 Å². The molecular weight excluding hydrogens is 375 g/mol. The number of halogens is 2. The summed E-state index contributed by atoms with van der Waals surface area (Å²) in [4.78, 5) is 12.2. The molecule has 1 aromatic heterocycles. The van der Waals surface area contributed by atoms with Gasteiger partial charge in [-0.05, 0) is 32.0 Å². The van der Waals surface area contributed by atoms with Gasteiger partial charge in [0.15, 0.2) is 0 Å². The summed E-state index contributed by atoms with van der Waals surface area (Å²) in [6.07, 6.45) is 0.279. The molecule has 0 radical (unpaired) electrons. The zero-order valence-corrected chi connectivity index (χ0v) is 16.7. The minimum Gasteiger partial charge on any atom is -0.383 e. The molecule has 142 valence electrons. The Kier molecular flexibility index (Phi) is 7.90. The molecule has 1 aromatic carbocycles. The monoisotopic (exact) mass is 398 g/mol. The molecule has 2 N–H and O–H groups in total. The van der Waals surface area contributed by atoms with Gasteiger partial charge < -0.3 is 15.4 Å². The number of aryl methyl sites for hydroxylation is 1. The van der Waals surface area contributed by atoms with E-state index in [0.29, 0.717) is 29.7 Å². The Morgan fingerprint density at radius 1 is 1.23 bits per heavy atom. The maximum atomic E-state index is 12.2. The molecule has 0 aliphatic rings. The van der Waals surface area contributed by atoms with Crippen molar-refractivity contribution in [3.63, 3.8) is 0 Å². The third-order valence-electron chi connectivity index (χ3n) is 4.02. The molecule has 6 nitrogen and oxygen atoms in total. The van der Waals surface area contributed by atoms with Crippen molar-refractivity contribution in [2.45, 2.75) is 20.3 Å². The van der Waals surface area contributed by atoms with Crippen LogP contribution in [0.15, 0.2) is 18.2 Å². The van der Waals surface area contributed by atoms with Crippen LogP contribution in [-0.2, 0) is 16.0 Å². The Labute approximate surface area is 163 Å². The van der Waals surface area contributed by atoms with Crippen LogP contribution >= 0.6 is 23.2 Å². The van der Waals surface area contributed by atoms with Gasteiger partial charge in [-0.15, -0.1) is 0 Å². The highest BCUT2D eigenvalue weighted by Gasteiger charge is 2.17. The minimum absolute atomic E-state index is 0.0357. The molecule has 0 saturated carbocycles. The van der Waals surface area contributed by atoms with Gasteiger partial charge in [-0.2, -0.15) is 5.10 Å². The fourth-order valence-corrected chi connectivity index (χ4v) is 3.12. The summed E-state index contributed by atoms with van der Waals surface area (Å²) in [5.41, 5.74) is 3.34.